The summed E-state index contributed by atoms with van der Waals surface area (Å²) in [5.41, 5.74) is 1.44. The summed E-state index contributed by atoms with van der Waals surface area (Å²) in [6.07, 6.45) is 2.84. The van der Waals surface area contributed by atoms with E-state index in [1.54, 1.807) is 16.7 Å². The number of nitrogens with one attached hydrogen (secondary N) is 1. The van der Waals surface area contributed by atoms with Crippen LogP contribution in [0.4, 0.5) is 0 Å². The highest BCUT2D eigenvalue weighted by Gasteiger charge is 2.21. The molecule has 2 atom stereocenters. The summed E-state index contributed by atoms with van der Waals surface area (Å²) in [6.45, 7) is 4.44. The molecule has 0 aliphatic carbocycles. The van der Waals surface area contributed by atoms with Crippen LogP contribution in [0.5, 0.6) is 0 Å². The predicted octanol–water partition coefficient (Wildman–Crippen LogP) is 1.21. The molecule has 3 rings (SSSR count). The van der Waals surface area contributed by atoms with Crippen molar-refractivity contribution >= 4 is 5.65 Å². The fourth-order valence-electron chi connectivity index (χ4n) is 2.57. The highest BCUT2D eigenvalue weighted by molar-refractivity contribution is 5.37. The lowest BCUT2D eigenvalue weighted by Gasteiger charge is -2.19. The summed E-state index contributed by atoms with van der Waals surface area (Å²) < 4.78 is 6.95. The molecule has 0 spiro atoms. The van der Waals surface area contributed by atoms with Gasteiger partial charge in [0, 0.05) is 31.5 Å². The fourth-order valence-corrected chi connectivity index (χ4v) is 2.57. The largest absolute Gasteiger partial charge is 0.381 e. The van der Waals surface area contributed by atoms with Crippen molar-refractivity contribution in [2.75, 3.05) is 13.2 Å². The molecule has 106 valence electrons. The minimum atomic E-state index is -0.0377. The highest BCUT2D eigenvalue weighted by atomic mass is 16.5. The van der Waals surface area contributed by atoms with E-state index in [2.05, 4.69) is 17.2 Å². The average Bonchev–Trinajstić information content (AvgIpc) is 2.99. The maximum absolute atomic E-state index is 12.0. The van der Waals surface area contributed by atoms with E-state index in [0.717, 1.165) is 25.3 Å². The van der Waals surface area contributed by atoms with Gasteiger partial charge in [-0.1, -0.05) is 6.07 Å². The first-order valence-electron chi connectivity index (χ1n) is 7.02. The van der Waals surface area contributed by atoms with Crippen LogP contribution in [-0.2, 0) is 11.3 Å². The fraction of sp³-hybridized carbons (Fsp3) is 0.467. The lowest BCUT2D eigenvalue weighted by molar-refractivity contribution is 0.178. The van der Waals surface area contributed by atoms with E-state index >= 15 is 0 Å². The number of aromatic nitrogens is 2. The van der Waals surface area contributed by atoms with E-state index in [-0.39, 0.29) is 5.56 Å². The van der Waals surface area contributed by atoms with Crippen LogP contribution in [-0.4, -0.2) is 28.6 Å². The highest BCUT2D eigenvalue weighted by Crippen LogP contribution is 2.16. The lowest BCUT2D eigenvalue weighted by Crippen LogP contribution is -2.34. The molecule has 3 heterocycles. The summed E-state index contributed by atoms with van der Waals surface area (Å²) in [7, 11) is 0. The van der Waals surface area contributed by atoms with E-state index in [0.29, 0.717) is 24.2 Å². The van der Waals surface area contributed by atoms with E-state index in [1.165, 1.54) is 0 Å². The maximum atomic E-state index is 12.0. The number of hydrogen-bond acceptors (Lipinski definition) is 4. The number of fused-ring (bicyclic) bond motifs is 1. The normalized spacial score (nSPS) is 20.4. The standard InChI is InChI=1S/C15H19N3O2/c1-11(12-5-7-20-10-12)16-9-13-8-15(19)18-6-3-2-4-14(18)17-13/h2-4,6,8,11-12,16H,5,7,9-10H2,1H3. The van der Waals surface area contributed by atoms with E-state index in [9.17, 15) is 4.79 Å². The molecule has 1 N–H and O–H groups in total. The van der Waals surface area contributed by atoms with Crippen molar-refractivity contribution in [1.82, 2.24) is 14.7 Å². The van der Waals surface area contributed by atoms with Gasteiger partial charge in [0.25, 0.3) is 5.56 Å². The number of nitrogens with zero attached hydrogens (tertiary/aromatic N) is 2. The molecule has 0 radical (unpaired) electrons. The van der Waals surface area contributed by atoms with Gasteiger partial charge in [0.15, 0.2) is 0 Å². The molecule has 2 unspecified atom stereocenters. The number of hydrogen-bond donors (Lipinski definition) is 1. The second kappa shape index (κ2) is 5.73. The van der Waals surface area contributed by atoms with Crippen molar-refractivity contribution in [3.8, 4) is 0 Å². The zero-order valence-electron chi connectivity index (χ0n) is 11.6. The summed E-state index contributed by atoms with van der Waals surface area (Å²) in [4.78, 5) is 16.5. The van der Waals surface area contributed by atoms with Crippen molar-refractivity contribution in [3.63, 3.8) is 0 Å². The summed E-state index contributed by atoms with van der Waals surface area (Å²) in [5.74, 6) is 0.552. The maximum Gasteiger partial charge on any atom is 0.258 e. The Kier molecular flexibility index (Phi) is 3.80. The molecule has 1 saturated heterocycles. The Bertz CT molecular complexity index is 647. The van der Waals surface area contributed by atoms with Gasteiger partial charge in [-0.3, -0.25) is 9.20 Å². The first kappa shape index (κ1) is 13.3. The molecule has 1 aliphatic rings. The molecular formula is C15H19N3O2. The third-order valence-electron chi connectivity index (χ3n) is 3.90. The molecular weight excluding hydrogens is 254 g/mol. The van der Waals surface area contributed by atoms with Crippen LogP contribution in [0.1, 0.15) is 19.0 Å². The molecule has 0 bridgehead atoms. The van der Waals surface area contributed by atoms with Crippen LogP contribution in [0.2, 0.25) is 0 Å². The van der Waals surface area contributed by atoms with Gasteiger partial charge in [-0.2, -0.15) is 0 Å². The van der Waals surface area contributed by atoms with E-state index in [4.69, 9.17) is 4.74 Å². The molecule has 1 aliphatic heterocycles. The summed E-state index contributed by atoms with van der Waals surface area (Å²) in [6, 6.07) is 7.53. The van der Waals surface area contributed by atoms with Crippen LogP contribution < -0.4 is 10.9 Å². The van der Waals surface area contributed by atoms with Gasteiger partial charge in [0.05, 0.1) is 12.3 Å². The third kappa shape index (κ3) is 2.73. The van der Waals surface area contributed by atoms with E-state index < -0.39 is 0 Å². The number of rotatable bonds is 4. The van der Waals surface area contributed by atoms with Crippen LogP contribution in [0.25, 0.3) is 5.65 Å². The Hall–Kier alpha value is -1.72. The molecule has 20 heavy (non-hydrogen) atoms. The number of ether oxygens (including phenoxy) is 1. The van der Waals surface area contributed by atoms with Crippen LogP contribution >= 0.6 is 0 Å². The van der Waals surface area contributed by atoms with Crippen molar-refractivity contribution in [2.45, 2.75) is 25.9 Å². The summed E-state index contributed by atoms with van der Waals surface area (Å²) in [5, 5.41) is 3.44. The second-order valence-electron chi connectivity index (χ2n) is 5.31. The van der Waals surface area contributed by atoms with Crippen molar-refractivity contribution in [1.29, 1.82) is 0 Å². The second-order valence-corrected chi connectivity index (χ2v) is 5.31. The van der Waals surface area contributed by atoms with Gasteiger partial charge in [-0.25, -0.2) is 4.98 Å². The molecule has 2 aromatic rings. The van der Waals surface area contributed by atoms with Crippen LogP contribution in [0, 0.1) is 5.92 Å². The van der Waals surface area contributed by atoms with Gasteiger partial charge >= 0.3 is 0 Å². The Morgan fingerprint density at radius 3 is 3.25 bits per heavy atom. The Morgan fingerprint density at radius 1 is 1.55 bits per heavy atom. The van der Waals surface area contributed by atoms with Gasteiger partial charge < -0.3 is 10.1 Å². The monoisotopic (exact) mass is 273 g/mol. The molecule has 2 aromatic heterocycles. The zero-order chi connectivity index (χ0) is 13.9. The van der Waals surface area contributed by atoms with Crippen molar-refractivity contribution in [2.24, 2.45) is 5.92 Å². The molecule has 0 saturated carbocycles. The van der Waals surface area contributed by atoms with Gasteiger partial charge in [-0.05, 0) is 31.4 Å². The SMILES string of the molecule is CC(NCc1cc(=O)n2ccccc2n1)C1CCOC1. The van der Waals surface area contributed by atoms with E-state index in [1.807, 2.05) is 18.2 Å². The van der Waals surface area contributed by atoms with Gasteiger partial charge in [0.2, 0.25) is 0 Å². The molecule has 5 heteroatoms. The predicted molar refractivity (Wildman–Crippen MR) is 76.7 cm³/mol. The molecule has 0 amide bonds. The number of pyridine rings is 1. The van der Waals surface area contributed by atoms with Crippen molar-refractivity contribution < 1.29 is 4.74 Å². The molecule has 0 aromatic carbocycles. The minimum absolute atomic E-state index is 0.0377. The smallest absolute Gasteiger partial charge is 0.258 e. The Balaban J connectivity index is 1.72. The first-order chi connectivity index (χ1) is 9.74. The third-order valence-corrected chi connectivity index (χ3v) is 3.90. The summed E-state index contributed by atoms with van der Waals surface area (Å²) >= 11 is 0. The van der Waals surface area contributed by atoms with Crippen LogP contribution in [0.15, 0.2) is 35.3 Å². The minimum Gasteiger partial charge on any atom is -0.381 e. The van der Waals surface area contributed by atoms with Gasteiger partial charge in [0.1, 0.15) is 5.65 Å². The quantitative estimate of drug-likeness (QED) is 0.909. The molecule has 5 nitrogen and oxygen atoms in total. The molecule has 1 fully saturated rings. The average molecular weight is 273 g/mol. The van der Waals surface area contributed by atoms with Gasteiger partial charge in [-0.15, -0.1) is 0 Å². The Labute approximate surface area is 117 Å². The Morgan fingerprint density at radius 2 is 2.45 bits per heavy atom. The zero-order valence-corrected chi connectivity index (χ0v) is 11.6. The van der Waals surface area contributed by atoms with Crippen molar-refractivity contribution in [3.05, 3.63) is 46.5 Å². The first-order valence-corrected chi connectivity index (χ1v) is 7.02. The van der Waals surface area contributed by atoms with Crippen LogP contribution in [0.3, 0.4) is 0 Å². The topological polar surface area (TPSA) is 55.6 Å². The lowest BCUT2D eigenvalue weighted by atomic mass is 10.0.